The van der Waals surface area contributed by atoms with Gasteiger partial charge in [0, 0.05) is 32.9 Å². The van der Waals surface area contributed by atoms with Crippen LogP contribution in [-0.2, 0) is 4.79 Å². The minimum atomic E-state index is -0.277. The van der Waals surface area contributed by atoms with Crippen LogP contribution in [0.25, 0.3) is 0 Å². The second-order valence-electron chi connectivity index (χ2n) is 8.94. The summed E-state index contributed by atoms with van der Waals surface area (Å²) in [7, 11) is 0. The molecule has 176 valence electrons. The van der Waals surface area contributed by atoms with E-state index >= 15 is 0 Å². The molecule has 1 aliphatic carbocycles. The fourth-order valence-corrected chi connectivity index (χ4v) is 9.83. The van der Waals surface area contributed by atoms with Gasteiger partial charge in [-0.3, -0.25) is 4.79 Å². The van der Waals surface area contributed by atoms with E-state index in [2.05, 4.69) is 111 Å². The zero-order chi connectivity index (χ0) is 23.8. The Hall–Kier alpha value is -1.88. The molecule has 3 aromatic rings. The van der Waals surface area contributed by atoms with E-state index in [0.717, 1.165) is 19.3 Å². The van der Waals surface area contributed by atoms with E-state index in [9.17, 15) is 4.79 Å². The summed E-state index contributed by atoms with van der Waals surface area (Å²) in [6.45, 7) is 4.26. The molecule has 0 radical (unpaired) electrons. The van der Waals surface area contributed by atoms with Gasteiger partial charge in [-0.15, -0.1) is 0 Å². The number of allylic oxidation sites excluding steroid dienone is 2. The maximum Gasteiger partial charge on any atom is 0.136 e. The third kappa shape index (κ3) is 6.62. The normalized spacial score (nSPS) is 18.5. The standard InChI is InChI=1S/C30H32OS3/c1-23(2)21-22-27-28(19-12-20-29(27)31)30(32-24-13-6-3-7-14-24,33-25-15-8-4-9-16-25)34-26-17-10-5-11-18-26/h3-11,13-18,21,27-28H,12,19-20,22H2,1-2H3/t27-,28+/m1/s1. The fourth-order valence-electron chi connectivity index (χ4n) is 4.44. The lowest BCUT2D eigenvalue weighted by Gasteiger charge is -2.44. The number of carbonyl (C=O) groups is 1. The summed E-state index contributed by atoms with van der Waals surface area (Å²) >= 11 is 5.78. The molecule has 34 heavy (non-hydrogen) atoms. The molecule has 1 aliphatic rings. The van der Waals surface area contributed by atoms with Crippen molar-refractivity contribution in [2.75, 3.05) is 0 Å². The van der Waals surface area contributed by atoms with Crippen molar-refractivity contribution in [2.24, 2.45) is 11.8 Å². The zero-order valence-corrected chi connectivity index (χ0v) is 22.3. The van der Waals surface area contributed by atoms with E-state index in [-0.39, 0.29) is 15.2 Å². The van der Waals surface area contributed by atoms with Crippen LogP contribution in [0, 0.1) is 11.8 Å². The second-order valence-corrected chi connectivity index (χ2v) is 13.7. The van der Waals surface area contributed by atoms with Gasteiger partial charge in [0.05, 0.1) is 0 Å². The van der Waals surface area contributed by atoms with Gasteiger partial charge in [-0.05, 0) is 69.5 Å². The summed E-state index contributed by atoms with van der Waals surface area (Å²) in [4.78, 5) is 17.1. The summed E-state index contributed by atoms with van der Waals surface area (Å²) in [6.07, 6.45) is 5.83. The Labute approximate surface area is 217 Å². The monoisotopic (exact) mass is 504 g/mol. The maximum absolute atomic E-state index is 13.4. The van der Waals surface area contributed by atoms with Gasteiger partial charge in [0.2, 0.25) is 0 Å². The highest BCUT2D eigenvalue weighted by Gasteiger charge is 2.48. The van der Waals surface area contributed by atoms with Crippen LogP contribution >= 0.6 is 35.3 Å². The van der Waals surface area contributed by atoms with Crippen molar-refractivity contribution >= 4 is 41.1 Å². The largest absolute Gasteiger partial charge is 0.299 e. The molecular weight excluding hydrogens is 473 g/mol. The first-order chi connectivity index (χ1) is 16.6. The molecule has 3 aromatic carbocycles. The van der Waals surface area contributed by atoms with Crippen molar-refractivity contribution < 1.29 is 4.79 Å². The molecule has 4 heteroatoms. The highest BCUT2D eigenvalue weighted by Crippen LogP contribution is 2.63. The quantitative estimate of drug-likeness (QED) is 0.164. The third-order valence-electron chi connectivity index (χ3n) is 6.08. The molecule has 1 saturated carbocycles. The molecular formula is C30H32OS3. The molecule has 0 aliphatic heterocycles. The van der Waals surface area contributed by atoms with Crippen LogP contribution in [0.2, 0.25) is 0 Å². The lowest BCUT2D eigenvalue weighted by Crippen LogP contribution is -2.40. The number of carbonyl (C=O) groups excluding carboxylic acids is 1. The molecule has 1 fully saturated rings. The van der Waals surface area contributed by atoms with E-state index < -0.39 is 0 Å². The van der Waals surface area contributed by atoms with E-state index in [1.807, 2.05) is 35.3 Å². The van der Waals surface area contributed by atoms with Gasteiger partial charge in [0.1, 0.15) is 9.19 Å². The highest BCUT2D eigenvalue weighted by molar-refractivity contribution is 8.33. The zero-order valence-electron chi connectivity index (χ0n) is 19.9. The van der Waals surface area contributed by atoms with E-state index in [1.54, 1.807) is 0 Å². The number of hydrogen-bond acceptors (Lipinski definition) is 4. The maximum atomic E-state index is 13.4. The number of benzene rings is 3. The topological polar surface area (TPSA) is 17.1 Å². The van der Waals surface area contributed by atoms with Crippen LogP contribution in [0.3, 0.4) is 0 Å². The molecule has 0 aromatic heterocycles. The average Bonchev–Trinajstić information content (AvgIpc) is 2.85. The van der Waals surface area contributed by atoms with Gasteiger partial charge in [-0.2, -0.15) is 0 Å². The predicted octanol–water partition coefficient (Wildman–Crippen LogP) is 9.36. The molecule has 2 atom stereocenters. The van der Waals surface area contributed by atoms with Crippen molar-refractivity contribution in [1.29, 1.82) is 0 Å². The van der Waals surface area contributed by atoms with Gasteiger partial charge < -0.3 is 0 Å². The molecule has 0 bridgehead atoms. The lowest BCUT2D eigenvalue weighted by atomic mass is 9.77. The van der Waals surface area contributed by atoms with Crippen LogP contribution in [0.15, 0.2) is 117 Å². The molecule has 0 N–H and O–H groups in total. The molecule has 0 unspecified atom stereocenters. The van der Waals surface area contributed by atoms with Crippen LogP contribution in [-0.4, -0.2) is 9.19 Å². The van der Waals surface area contributed by atoms with Crippen LogP contribution in [0.1, 0.15) is 39.5 Å². The number of thioether (sulfide) groups is 3. The number of rotatable bonds is 9. The summed E-state index contributed by atoms with van der Waals surface area (Å²) in [5.74, 6) is 0.700. The summed E-state index contributed by atoms with van der Waals surface area (Å²) in [5.41, 5.74) is 1.28. The second kappa shape index (κ2) is 12.2. The smallest absolute Gasteiger partial charge is 0.136 e. The molecule has 0 spiro atoms. The van der Waals surface area contributed by atoms with Gasteiger partial charge >= 0.3 is 0 Å². The van der Waals surface area contributed by atoms with Gasteiger partial charge in [0.15, 0.2) is 0 Å². The summed E-state index contributed by atoms with van der Waals surface area (Å²) in [5, 5.41) is 0. The van der Waals surface area contributed by atoms with Crippen molar-refractivity contribution in [2.45, 2.75) is 57.6 Å². The van der Waals surface area contributed by atoms with Crippen molar-refractivity contribution in [1.82, 2.24) is 0 Å². The fraction of sp³-hybridized carbons (Fsp3) is 0.300. The van der Waals surface area contributed by atoms with E-state index in [0.29, 0.717) is 12.2 Å². The first kappa shape index (κ1) is 25.2. The Kier molecular flexibility index (Phi) is 9.04. The molecule has 1 nitrogen and oxygen atoms in total. The Bertz CT molecular complexity index is 974. The van der Waals surface area contributed by atoms with Gasteiger partial charge in [-0.1, -0.05) is 102 Å². The Morgan fingerprint density at radius 2 is 1.24 bits per heavy atom. The summed E-state index contributed by atoms with van der Waals surface area (Å²) < 4.78 is -0.277. The Morgan fingerprint density at radius 3 is 1.65 bits per heavy atom. The SMILES string of the molecule is CC(C)=CC[C@H]1C(=O)CCC[C@@H]1C(Sc1ccccc1)(Sc1ccccc1)Sc1ccccc1. The van der Waals surface area contributed by atoms with Gasteiger partial charge in [0.25, 0.3) is 0 Å². The van der Waals surface area contributed by atoms with Crippen LogP contribution in [0.4, 0.5) is 0 Å². The number of Topliss-reactive ketones (excluding diaryl/α,β-unsaturated/α-hetero) is 1. The number of ketones is 1. The van der Waals surface area contributed by atoms with E-state index in [1.165, 1.54) is 20.3 Å². The highest BCUT2D eigenvalue weighted by atomic mass is 32.3. The lowest BCUT2D eigenvalue weighted by molar-refractivity contribution is -0.126. The first-order valence-corrected chi connectivity index (χ1v) is 14.4. The van der Waals surface area contributed by atoms with Crippen LogP contribution in [0.5, 0.6) is 0 Å². The predicted molar refractivity (Wildman–Crippen MR) is 150 cm³/mol. The Balaban J connectivity index is 1.83. The molecule has 0 heterocycles. The minimum Gasteiger partial charge on any atom is -0.299 e. The Morgan fingerprint density at radius 1 is 0.794 bits per heavy atom. The first-order valence-electron chi connectivity index (χ1n) is 11.9. The van der Waals surface area contributed by atoms with Crippen molar-refractivity contribution in [3.8, 4) is 0 Å². The molecule has 0 amide bonds. The average molecular weight is 505 g/mol. The van der Waals surface area contributed by atoms with Crippen molar-refractivity contribution in [3.05, 3.63) is 103 Å². The minimum absolute atomic E-state index is 0.0345. The van der Waals surface area contributed by atoms with Crippen LogP contribution < -0.4 is 0 Å². The van der Waals surface area contributed by atoms with Gasteiger partial charge in [-0.25, -0.2) is 0 Å². The van der Waals surface area contributed by atoms with E-state index in [4.69, 9.17) is 0 Å². The number of hydrogen-bond donors (Lipinski definition) is 0. The summed E-state index contributed by atoms with van der Waals surface area (Å²) in [6, 6.07) is 32.1. The van der Waals surface area contributed by atoms with Crippen molar-refractivity contribution in [3.63, 3.8) is 0 Å². The molecule has 0 saturated heterocycles. The third-order valence-corrected chi connectivity index (χ3v) is 10.9. The molecule has 4 rings (SSSR count).